The molecule has 1 heterocycles. The first kappa shape index (κ1) is 18.8. The second kappa shape index (κ2) is 7.87. The van der Waals surface area contributed by atoms with Crippen molar-refractivity contribution in [3.8, 4) is 0 Å². The van der Waals surface area contributed by atoms with E-state index in [9.17, 15) is 8.42 Å². The number of nitrogens with one attached hydrogen (secondary N) is 1. The summed E-state index contributed by atoms with van der Waals surface area (Å²) in [4.78, 5) is 4.39. The van der Waals surface area contributed by atoms with E-state index in [1.54, 1.807) is 24.4 Å². The molecule has 5 nitrogen and oxygen atoms in total. The lowest BCUT2D eigenvalue weighted by Crippen LogP contribution is -2.41. The minimum absolute atomic E-state index is 0. The first-order valence-corrected chi connectivity index (χ1v) is 8.48. The van der Waals surface area contributed by atoms with E-state index in [0.29, 0.717) is 17.9 Å². The van der Waals surface area contributed by atoms with Crippen LogP contribution in [0.15, 0.2) is 41.4 Å². The minimum Gasteiger partial charge on any atom is -0.329 e. The summed E-state index contributed by atoms with van der Waals surface area (Å²) in [6.07, 6.45) is 2.30. The number of rotatable bonds is 6. The minimum atomic E-state index is -3.64. The molecule has 2 aromatic rings. The van der Waals surface area contributed by atoms with E-state index in [1.807, 2.05) is 26.0 Å². The Bertz CT molecular complexity index is 714. The molecule has 0 saturated carbocycles. The molecule has 1 atom stereocenters. The average molecular weight is 344 g/mol. The molecule has 1 unspecified atom stereocenters. The fourth-order valence-corrected chi connectivity index (χ4v) is 3.78. The Balaban J connectivity index is 0.00000242. The van der Waals surface area contributed by atoms with Gasteiger partial charge < -0.3 is 5.73 Å². The Hall–Kier alpha value is -1.21. The van der Waals surface area contributed by atoms with E-state index < -0.39 is 10.0 Å². The van der Waals surface area contributed by atoms with Gasteiger partial charge in [-0.15, -0.1) is 12.4 Å². The van der Waals surface area contributed by atoms with Gasteiger partial charge in [-0.25, -0.2) is 13.1 Å². The molecule has 22 heavy (non-hydrogen) atoms. The first-order valence-electron chi connectivity index (χ1n) is 7.00. The number of hydrogen-bond donors (Lipinski definition) is 2. The van der Waals surface area contributed by atoms with Crippen LogP contribution in [0.1, 0.15) is 20.3 Å². The van der Waals surface area contributed by atoms with Gasteiger partial charge in [0.1, 0.15) is 4.90 Å². The fraction of sp³-hybridized carbons (Fsp3) is 0.400. The molecule has 0 spiro atoms. The van der Waals surface area contributed by atoms with Gasteiger partial charge in [0, 0.05) is 24.2 Å². The number of halogens is 1. The van der Waals surface area contributed by atoms with Crippen LogP contribution < -0.4 is 10.5 Å². The van der Waals surface area contributed by atoms with Crippen molar-refractivity contribution in [1.29, 1.82) is 0 Å². The maximum atomic E-state index is 12.6. The van der Waals surface area contributed by atoms with Crippen LogP contribution in [0.2, 0.25) is 0 Å². The SMILES string of the molecule is CC(C)CC(CN)NS(=O)(=O)c1cccc2cccnc12.Cl. The van der Waals surface area contributed by atoms with Crippen molar-refractivity contribution in [3.05, 3.63) is 36.5 Å². The van der Waals surface area contributed by atoms with E-state index >= 15 is 0 Å². The molecule has 122 valence electrons. The van der Waals surface area contributed by atoms with Crippen LogP contribution in [0.4, 0.5) is 0 Å². The summed E-state index contributed by atoms with van der Waals surface area (Å²) in [5.74, 6) is 0.367. The molecule has 0 aliphatic carbocycles. The van der Waals surface area contributed by atoms with Crippen molar-refractivity contribution in [3.63, 3.8) is 0 Å². The molecule has 2 rings (SSSR count). The summed E-state index contributed by atoms with van der Waals surface area (Å²) in [7, 11) is -3.64. The highest BCUT2D eigenvalue weighted by molar-refractivity contribution is 7.89. The number of sulfonamides is 1. The van der Waals surface area contributed by atoms with Crippen LogP contribution in [0.3, 0.4) is 0 Å². The number of benzene rings is 1. The Kier molecular flexibility index (Phi) is 6.74. The van der Waals surface area contributed by atoms with Gasteiger partial charge in [-0.05, 0) is 24.5 Å². The summed E-state index contributed by atoms with van der Waals surface area (Å²) in [6, 6.07) is 8.49. The number of fused-ring (bicyclic) bond motifs is 1. The summed E-state index contributed by atoms with van der Waals surface area (Å²) in [5.41, 5.74) is 6.16. The van der Waals surface area contributed by atoms with Crippen molar-refractivity contribution in [1.82, 2.24) is 9.71 Å². The van der Waals surface area contributed by atoms with Crippen molar-refractivity contribution in [2.45, 2.75) is 31.2 Å². The molecule has 1 aromatic heterocycles. The van der Waals surface area contributed by atoms with Gasteiger partial charge in [0.2, 0.25) is 10.0 Å². The third kappa shape index (κ3) is 4.39. The van der Waals surface area contributed by atoms with E-state index in [-0.39, 0.29) is 29.9 Å². The number of hydrogen-bond acceptors (Lipinski definition) is 4. The van der Waals surface area contributed by atoms with Gasteiger partial charge in [-0.2, -0.15) is 0 Å². The molecular weight excluding hydrogens is 322 g/mol. The highest BCUT2D eigenvalue weighted by atomic mass is 35.5. The average Bonchev–Trinajstić information content (AvgIpc) is 2.45. The molecule has 1 aromatic carbocycles. The zero-order chi connectivity index (χ0) is 15.5. The third-order valence-corrected chi connectivity index (χ3v) is 4.80. The Morgan fingerprint density at radius 1 is 1.23 bits per heavy atom. The number of nitrogens with zero attached hydrogens (tertiary/aromatic N) is 1. The van der Waals surface area contributed by atoms with E-state index in [0.717, 1.165) is 5.39 Å². The van der Waals surface area contributed by atoms with Crippen LogP contribution in [0.5, 0.6) is 0 Å². The van der Waals surface area contributed by atoms with Gasteiger partial charge in [0.05, 0.1) is 5.52 Å². The molecule has 0 aliphatic heterocycles. The summed E-state index contributed by atoms with van der Waals surface area (Å²) >= 11 is 0. The number of aromatic nitrogens is 1. The molecule has 7 heteroatoms. The highest BCUT2D eigenvalue weighted by Gasteiger charge is 2.22. The van der Waals surface area contributed by atoms with Gasteiger partial charge in [-0.1, -0.05) is 32.0 Å². The molecule has 0 saturated heterocycles. The molecule has 0 aliphatic rings. The maximum Gasteiger partial charge on any atom is 0.243 e. The lowest BCUT2D eigenvalue weighted by Gasteiger charge is -2.19. The van der Waals surface area contributed by atoms with Crippen molar-refractivity contribution >= 4 is 33.3 Å². The first-order chi connectivity index (χ1) is 9.94. The molecule has 0 fully saturated rings. The second-order valence-corrected chi connectivity index (χ2v) is 7.20. The second-order valence-electron chi connectivity index (χ2n) is 5.51. The normalized spacial score (nSPS) is 13.1. The molecule has 3 N–H and O–H groups in total. The smallest absolute Gasteiger partial charge is 0.243 e. The number of nitrogens with two attached hydrogens (primary N) is 1. The molecule has 0 bridgehead atoms. The predicted octanol–water partition coefficient (Wildman–Crippen LogP) is 2.31. The van der Waals surface area contributed by atoms with Gasteiger partial charge in [0.25, 0.3) is 0 Å². The quantitative estimate of drug-likeness (QED) is 0.842. The van der Waals surface area contributed by atoms with Crippen molar-refractivity contribution in [2.24, 2.45) is 11.7 Å². The van der Waals surface area contributed by atoms with Gasteiger partial charge >= 0.3 is 0 Å². The largest absolute Gasteiger partial charge is 0.329 e. The predicted molar refractivity (Wildman–Crippen MR) is 91.6 cm³/mol. The van der Waals surface area contributed by atoms with E-state index in [1.165, 1.54) is 0 Å². The standard InChI is InChI=1S/C15H21N3O2S.ClH/c1-11(2)9-13(10-16)18-21(19,20)14-7-3-5-12-6-4-8-17-15(12)14;/h3-8,11,13,18H,9-10,16H2,1-2H3;1H. The van der Waals surface area contributed by atoms with E-state index in [4.69, 9.17) is 5.73 Å². The maximum absolute atomic E-state index is 12.6. The van der Waals surface area contributed by atoms with Gasteiger partial charge in [-0.3, -0.25) is 4.98 Å². The van der Waals surface area contributed by atoms with Crippen LogP contribution in [-0.4, -0.2) is 26.0 Å². The zero-order valence-corrected chi connectivity index (χ0v) is 14.3. The molecule has 0 radical (unpaired) electrons. The third-order valence-electron chi connectivity index (χ3n) is 3.25. The monoisotopic (exact) mass is 343 g/mol. The lowest BCUT2D eigenvalue weighted by molar-refractivity contribution is 0.465. The van der Waals surface area contributed by atoms with Crippen LogP contribution in [0, 0.1) is 5.92 Å². The highest BCUT2D eigenvalue weighted by Crippen LogP contribution is 2.21. The van der Waals surface area contributed by atoms with Crippen LogP contribution >= 0.6 is 12.4 Å². The van der Waals surface area contributed by atoms with Crippen molar-refractivity contribution in [2.75, 3.05) is 6.54 Å². The summed E-state index contributed by atoms with van der Waals surface area (Å²) < 4.78 is 27.9. The number of para-hydroxylation sites is 1. The summed E-state index contributed by atoms with van der Waals surface area (Å²) in [6.45, 7) is 4.35. The Morgan fingerprint density at radius 2 is 1.91 bits per heavy atom. The summed E-state index contributed by atoms with van der Waals surface area (Å²) in [5, 5.41) is 0.800. The zero-order valence-electron chi connectivity index (χ0n) is 12.7. The fourth-order valence-electron chi connectivity index (χ4n) is 2.34. The Morgan fingerprint density at radius 3 is 2.55 bits per heavy atom. The Labute approximate surface area is 137 Å². The van der Waals surface area contributed by atoms with Crippen LogP contribution in [-0.2, 0) is 10.0 Å². The van der Waals surface area contributed by atoms with Crippen molar-refractivity contribution < 1.29 is 8.42 Å². The topological polar surface area (TPSA) is 85.1 Å². The lowest BCUT2D eigenvalue weighted by atomic mass is 10.1. The van der Waals surface area contributed by atoms with Gasteiger partial charge in [0.15, 0.2) is 0 Å². The van der Waals surface area contributed by atoms with E-state index in [2.05, 4.69) is 9.71 Å². The van der Waals surface area contributed by atoms with Crippen LogP contribution in [0.25, 0.3) is 10.9 Å². The molecular formula is C15H22ClN3O2S. The number of pyridine rings is 1. The molecule has 0 amide bonds.